The van der Waals surface area contributed by atoms with Gasteiger partial charge in [-0.05, 0) is 43.1 Å². The third kappa shape index (κ3) is 6.45. The lowest BCUT2D eigenvalue weighted by Gasteiger charge is -2.14. The maximum Gasteiger partial charge on any atom is 0.346 e. The number of rotatable bonds is 7. The molecule has 0 fully saturated rings. The van der Waals surface area contributed by atoms with Gasteiger partial charge in [-0.15, -0.1) is 0 Å². The topological polar surface area (TPSA) is 74.6 Å². The lowest BCUT2D eigenvalue weighted by Crippen LogP contribution is -2.25. The molecule has 0 aliphatic heterocycles. The molecule has 1 aromatic heterocycles. The third-order valence-corrected chi connectivity index (χ3v) is 4.91. The number of nitrogens with zero attached hydrogens (tertiary/aromatic N) is 1. The van der Waals surface area contributed by atoms with Crippen molar-refractivity contribution in [3.63, 3.8) is 0 Å². The number of ketones is 1. The quantitative estimate of drug-likeness (QED) is 0.184. The Bertz CT molecular complexity index is 1090. The van der Waals surface area contributed by atoms with E-state index in [0.717, 1.165) is 5.56 Å². The largest absolute Gasteiger partial charge is 0.478 e. The molecule has 0 amide bonds. The van der Waals surface area contributed by atoms with Crippen LogP contribution in [0, 0.1) is 6.92 Å². The van der Waals surface area contributed by atoms with Crippen molar-refractivity contribution in [2.24, 2.45) is 0 Å². The summed E-state index contributed by atoms with van der Waals surface area (Å²) in [5, 5.41) is -0.640. The van der Waals surface area contributed by atoms with Crippen molar-refractivity contribution in [1.29, 1.82) is 0 Å². The molecule has 0 saturated carbocycles. The van der Waals surface area contributed by atoms with Gasteiger partial charge in [0.05, 0.1) is 23.6 Å². The molecule has 2 aromatic carbocycles. The molecule has 3 rings (SSSR count). The van der Waals surface area contributed by atoms with E-state index >= 15 is 0 Å². The molecule has 0 spiro atoms. The van der Waals surface area contributed by atoms with Crippen LogP contribution in [0.1, 0.15) is 56.2 Å². The highest BCUT2D eigenvalue weighted by Crippen LogP contribution is 2.35. The molecular formula is C26H32ClNO5. The maximum atomic E-state index is 12.6. The second-order valence-corrected chi connectivity index (χ2v) is 6.91. The number of esters is 1. The first-order valence-electron chi connectivity index (χ1n) is 11.0. The summed E-state index contributed by atoms with van der Waals surface area (Å²) in [6, 6.07) is 15.0. The fourth-order valence-electron chi connectivity index (χ4n) is 3.34. The summed E-state index contributed by atoms with van der Waals surface area (Å²) in [5.74, 6) is -1.07. The average molecular weight is 474 g/mol. The van der Waals surface area contributed by atoms with Crippen LogP contribution in [-0.4, -0.2) is 34.8 Å². The lowest BCUT2D eigenvalue weighted by molar-refractivity contribution is -0.147. The van der Waals surface area contributed by atoms with Crippen LogP contribution in [0.3, 0.4) is 0 Å². The van der Waals surface area contributed by atoms with E-state index in [4.69, 9.17) is 21.1 Å². The first-order chi connectivity index (χ1) is 15.8. The molecule has 1 unspecified atom stereocenters. The second kappa shape index (κ2) is 13.4. The zero-order valence-corrected chi connectivity index (χ0v) is 21.0. The molecule has 0 aliphatic carbocycles. The monoisotopic (exact) mass is 473 g/mol. The van der Waals surface area contributed by atoms with Crippen LogP contribution in [-0.2, 0) is 20.9 Å². The van der Waals surface area contributed by atoms with Gasteiger partial charge in [-0.1, -0.05) is 64.1 Å². The standard InChI is InChI=1S/C22H20ClNO5.2C2H6/c1-13-18(20(25)21(23)26)19-16(24(13)12-15-8-5-4-6-9-15)10-7-11-17(19)29-14(2)22(27)28-3;2*1-2/h4-11,14H,12H2,1-3H3;2*1-2H3. The normalized spacial score (nSPS) is 10.8. The van der Waals surface area contributed by atoms with Crippen LogP contribution in [0.25, 0.3) is 10.9 Å². The molecule has 7 heteroatoms. The Hall–Kier alpha value is -3.12. The van der Waals surface area contributed by atoms with Crippen LogP contribution in [0.4, 0.5) is 0 Å². The molecule has 6 nitrogen and oxygen atoms in total. The summed E-state index contributed by atoms with van der Waals surface area (Å²) in [6.45, 7) is 11.8. The Labute approximate surface area is 200 Å². The molecule has 0 bridgehead atoms. The summed E-state index contributed by atoms with van der Waals surface area (Å²) < 4.78 is 12.4. The number of carbonyl (C=O) groups excluding carboxylic acids is 3. The molecule has 0 radical (unpaired) electrons. The molecule has 1 heterocycles. The first kappa shape index (κ1) is 27.9. The highest BCUT2D eigenvalue weighted by atomic mass is 35.5. The molecule has 0 N–H and O–H groups in total. The molecule has 178 valence electrons. The molecule has 0 saturated heterocycles. The number of fused-ring (bicyclic) bond motifs is 1. The minimum Gasteiger partial charge on any atom is -0.478 e. The predicted molar refractivity (Wildman–Crippen MR) is 132 cm³/mol. The Balaban J connectivity index is 0.00000129. The number of Topliss-reactive ketones (excluding diaryl/α,β-unsaturated/α-hetero) is 1. The number of halogens is 1. The first-order valence-corrected chi connectivity index (χ1v) is 11.4. The van der Waals surface area contributed by atoms with E-state index in [9.17, 15) is 14.4 Å². The Morgan fingerprint density at radius 1 is 0.970 bits per heavy atom. The zero-order chi connectivity index (χ0) is 25.1. The predicted octanol–water partition coefficient (Wildman–Crippen LogP) is 5.94. The number of hydrogen-bond donors (Lipinski definition) is 0. The Morgan fingerprint density at radius 2 is 1.58 bits per heavy atom. The van der Waals surface area contributed by atoms with Gasteiger partial charge in [0.1, 0.15) is 5.75 Å². The van der Waals surface area contributed by atoms with Crippen LogP contribution in [0.2, 0.25) is 0 Å². The van der Waals surface area contributed by atoms with Crippen molar-refractivity contribution < 1.29 is 23.9 Å². The van der Waals surface area contributed by atoms with Gasteiger partial charge in [-0.3, -0.25) is 9.59 Å². The lowest BCUT2D eigenvalue weighted by atomic mass is 10.1. The van der Waals surface area contributed by atoms with Gasteiger partial charge in [0.2, 0.25) is 5.78 Å². The number of carbonyl (C=O) groups is 3. The van der Waals surface area contributed by atoms with Gasteiger partial charge in [0.15, 0.2) is 6.10 Å². The summed E-state index contributed by atoms with van der Waals surface area (Å²) in [4.78, 5) is 36.1. The minimum absolute atomic E-state index is 0.170. The van der Waals surface area contributed by atoms with Gasteiger partial charge in [-0.2, -0.15) is 0 Å². The highest BCUT2D eigenvalue weighted by molar-refractivity contribution is 6.83. The Kier molecular flexibility index (Phi) is 11.4. The maximum absolute atomic E-state index is 12.6. The van der Waals surface area contributed by atoms with Gasteiger partial charge < -0.3 is 14.0 Å². The van der Waals surface area contributed by atoms with E-state index < -0.39 is 23.1 Å². The molecule has 0 aliphatic rings. The second-order valence-electron chi connectivity index (χ2n) is 6.57. The van der Waals surface area contributed by atoms with Gasteiger partial charge >= 0.3 is 5.97 Å². The van der Waals surface area contributed by atoms with E-state index in [1.807, 2.05) is 68.7 Å². The summed E-state index contributed by atoms with van der Waals surface area (Å²) in [7, 11) is 1.27. The minimum atomic E-state index is -1.08. The summed E-state index contributed by atoms with van der Waals surface area (Å²) in [5.41, 5.74) is 2.48. The smallest absolute Gasteiger partial charge is 0.346 e. The fourth-order valence-corrected chi connectivity index (χ4v) is 3.44. The summed E-state index contributed by atoms with van der Waals surface area (Å²) >= 11 is 5.52. The number of benzene rings is 2. The average Bonchev–Trinajstić information content (AvgIpc) is 3.13. The molecule has 1 atom stereocenters. The van der Waals surface area contributed by atoms with Crippen LogP contribution in [0.5, 0.6) is 5.75 Å². The van der Waals surface area contributed by atoms with Crippen LogP contribution >= 0.6 is 11.6 Å². The molecule has 3 aromatic rings. The highest BCUT2D eigenvalue weighted by Gasteiger charge is 2.27. The van der Waals surface area contributed by atoms with Gasteiger partial charge in [0.25, 0.3) is 5.24 Å². The van der Waals surface area contributed by atoms with Crippen molar-refractivity contribution >= 4 is 39.5 Å². The SMILES string of the molecule is CC.CC.COC(=O)C(C)Oc1cccc2c1c(C(=O)C(=O)Cl)c(C)n2Cc1ccccc1. The van der Waals surface area contributed by atoms with E-state index in [0.29, 0.717) is 28.9 Å². The number of hydrogen-bond acceptors (Lipinski definition) is 5. The van der Waals surface area contributed by atoms with Crippen LogP contribution in [0.15, 0.2) is 48.5 Å². The van der Waals surface area contributed by atoms with E-state index in [1.54, 1.807) is 26.0 Å². The van der Waals surface area contributed by atoms with Crippen molar-refractivity contribution in [3.05, 3.63) is 65.4 Å². The fraction of sp³-hybridized carbons (Fsp3) is 0.346. The third-order valence-electron chi connectivity index (χ3n) is 4.74. The summed E-state index contributed by atoms with van der Waals surface area (Å²) in [6.07, 6.45) is -0.891. The number of aromatic nitrogens is 1. The van der Waals surface area contributed by atoms with E-state index in [1.165, 1.54) is 7.11 Å². The zero-order valence-electron chi connectivity index (χ0n) is 20.3. The van der Waals surface area contributed by atoms with Crippen LogP contribution < -0.4 is 4.74 Å². The molecule has 33 heavy (non-hydrogen) atoms. The van der Waals surface area contributed by atoms with Crippen molar-refractivity contribution in [2.75, 3.05) is 7.11 Å². The van der Waals surface area contributed by atoms with Gasteiger partial charge in [-0.25, -0.2) is 4.79 Å². The van der Waals surface area contributed by atoms with Gasteiger partial charge in [0, 0.05) is 12.2 Å². The van der Waals surface area contributed by atoms with Crippen molar-refractivity contribution in [1.82, 2.24) is 4.57 Å². The Morgan fingerprint density at radius 3 is 2.12 bits per heavy atom. The number of methoxy groups -OCH3 is 1. The van der Waals surface area contributed by atoms with Crippen molar-refractivity contribution in [3.8, 4) is 5.75 Å². The molecular weight excluding hydrogens is 442 g/mol. The van der Waals surface area contributed by atoms with E-state index in [-0.39, 0.29) is 5.56 Å². The van der Waals surface area contributed by atoms with Crippen molar-refractivity contribution in [2.45, 2.75) is 54.2 Å². The van der Waals surface area contributed by atoms with E-state index in [2.05, 4.69) is 0 Å². The number of ether oxygens (including phenoxy) is 2.